The predicted molar refractivity (Wildman–Crippen MR) is 73.2 cm³/mol. The van der Waals surface area contributed by atoms with Gasteiger partial charge in [-0.1, -0.05) is 51.5 Å². The third-order valence-electron chi connectivity index (χ3n) is 2.96. The molecule has 0 saturated heterocycles. The van der Waals surface area contributed by atoms with Crippen LogP contribution in [0.4, 0.5) is 0 Å². The van der Waals surface area contributed by atoms with E-state index in [0.717, 1.165) is 12.8 Å². The second-order valence-electron chi connectivity index (χ2n) is 4.87. The third kappa shape index (κ3) is 4.57. The molecule has 0 aliphatic rings. The number of aryl methyl sites for hydroxylation is 2. The quantitative estimate of drug-likeness (QED) is 0.623. The van der Waals surface area contributed by atoms with Crippen LogP contribution >= 0.6 is 11.6 Å². The van der Waals surface area contributed by atoms with Crippen LogP contribution in [0.2, 0.25) is 0 Å². The van der Waals surface area contributed by atoms with Gasteiger partial charge in [0.1, 0.15) is 0 Å². The molecule has 0 aromatic heterocycles. The average Bonchev–Trinajstić information content (AvgIpc) is 2.26. The zero-order chi connectivity index (χ0) is 12.0. The van der Waals surface area contributed by atoms with Gasteiger partial charge in [-0.2, -0.15) is 0 Å². The summed E-state index contributed by atoms with van der Waals surface area (Å²) in [4.78, 5) is 0. The summed E-state index contributed by atoms with van der Waals surface area (Å²) in [6.45, 7) is 6.59. The van der Waals surface area contributed by atoms with Crippen LogP contribution in [0.15, 0.2) is 24.3 Å². The van der Waals surface area contributed by atoms with Crippen molar-refractivity contribution in [2.45, 2.75) is 51.8 Å². The molecule has 0 aliphatic carbocycles. The van der Waals surface area contributed by atoms with Crippen LogP contribution in [0.5, 0.6) is 0 Å². The molecule has 0 aliphatic heterocycles. The molecule has 1 heteroatoms. The van der Waals surface area contributed by atoms with E-state index in [1.165, 1.54) is 24.0 Å². The molecular formula is C15H23Cl. The van der Waals surface area contributed by atoms with Crippen LogP contribution in [0, 0.1) is 5.92 Å². The smallest absolute Gasteiger partial charge is 0.0362 e. The molecule has 0 nitrogen and oxygen atoms in total. The van der Waals surface area contributed by atoms with E-state index in [1.807, 2.05) is 0 Å². The number of hydrogen-bond donors (Lipinski definition) is 0. The lowest BCUT2D eigenvalue weighted by atomic mass is 9.99. The van der Waals surface area contributed by atoms with Crippen molar-refractivity contribution in [3.8, 4) is 0 Å². The first kappa shape index (κ1) is 13.6. The summed E-state index contributed by atoms with van der Waals surface area (Å²) in [5.74, 6) is 0.570. The van der Waals surface area contributed by atoms with Gasteiger partial charge in [-0.25, -0.2) is 0 Å². The van der Waals surface area contributed by atoms with Crippen LogP contribution in [0.3, 0.4) is 0 Å². The van der Waals surface area contributed by atoms with Gasteiger partial charge in [0.05, 0.1) is 0 Å². The Balaban J connectivity index is 2.50. The number of alkyl halides is 1. The molecule has 0 heterocycles. The van der Waals surface area contributed by atoms with Crippen molar-refractivity contribution in [2.75, 3.05) is 0 Å². The Morgan fingerprint density at radius 2 is 1.75 bits per heavy atom. The van der Waals surface area contributed by atoms with Gasteiger partial charge in [0.25, 0.3) is 0 Å². The van der Waals surface area contributed by atoms with Crippen molar-refractivity contribution in [2.24, 2.45) is 5.92 Å². The minimum Gasteiger partial charge on any atom is -0.123 e. The molecule has 1 unspecified atom stereocenters. The zero-order valence-electron chi connectivity index (χ0n) is 10.7. The fraction of sp³-hybridized carbons (Fsp3) is 0.600. The summed E-state index contributed by atoms with van der Waals surface area (Å²) in [5.41, 5.74) is 2.88. The number of halogens is 1. The van der Waals surface area contributed by atoms with E-state index in [4.69, 9.17) is 11.6 Å². The molecule has 0 spiro atoms. The average molecular weight is 239 g/mol. The Hall–Kier alpha value is -0.490. The lowest BCUT2D eigenvalue weighted by Gasteiger charge is -2.13. The van der Waals surface area contributed by atoms with Gasteiger partial charge in [-0.05, 0) is 36.3 Å². The number of benzene rings is 1. The molecule has 0 radical (unpaired) electrons. The van der Waals surface area contributed by atoms with Crippen molar-refractivity contribution >= 4 is 11.6 Å². The molecule has 0 N–H and O–H groups in total. The highest BCUT2D eigenvalue weighted by atomic mass is 35.5. The van der Waals surface area contributed by atoms with Crippen LogP contribution < -0.4 is 0 Å². The van der Waals surface area contributed by atoms with Crippen LogP contribution in [-0.2, 0) is 12.8 Å². The number of hydrogen-bond acceptors (Lipinski definition) is 0. The highest BCUT2D eigenvalue weighted by Gasteiger charge is 2.09. The molecule has 1 atom stereocenters. The van der Waals surface area contributed by atoms with E-state index < -0.39 is 0 Å². The van der Waals surface area contributed by atoms with Crippen molar-refractivity contribution in [1.29, 1.82) is 0 Å². The second-order valence-corrected chi connectivity index (χ2v) is 5.43. The first-order chi connectivity index (χ1) is 7.63. The van der Waals surface area contributed by atoms with Crippen molar-refractivity contribution < 1.29 is 0 Å². The fourth-order valence-electron chi connectivity index (χ4n) is 1.87. The first-order valence-electron chi connectivity index (χ1n) is 6.35. The molecule has 0 bridgehead atoms. The Bertz CT molecular complexity index is 304. The Morgan fingerprint density at radius 3 is 2.31 bits per heavy atom. The molecule has 16 heavy (non-hydrogen) atoms. The summed E-state index contributed by atoms with van der Waals surface area (Å²) in [6.07, 6.45) is 4.58. The van der Waals surface area contributed by atoms with E-state index in [1.54, 1.807) is 0 Å². The Kier molecular flexibility index (Phi) is 5.90. The SMILES string of the molecule is CCCc1cccc(CCC(Cl)C(C)C)c1. The summed E-state index contributed by atoms with van der Waals surface area (Å²) in [7, 11) is 0. The maximum Gasteiger partial charge on any atom is 0.0362 e. The zero-order valence-corrected chi connectivity index (χ0v) is 11.4. The van der Waals surface area contributed by atoms with Gasteiger partial charge in [0.15, 0.2) is 0 Å². The minimum absolute atomic E-state index is 0.301. The third-order valence-corrected chi connectivity index (χ3v) is 3.68. The van der Waals surface area contributed by atoms with Gasteiger partial charge < -0.3 is 0 Å². The topological polar surface area (TPSA) is 0 Å². The normalized spacial score (nSPS) is 13.1. The first-order valence-corrected chi connectivity index (χ1v) is 6.79. The monoisotopic (exact) mass is 238 g/mol. The largest absolute Gasteiger partial charge is 0.123 e. The van der Waals surface area contributed by atoms with E-state index in [-0.39, 0.29) is 0 Å². The fourth-order valence-corrected chi connectivity index (χ4v) is 1.98. The molecule has 0 amide bonds. The van der Waals surface area contributed by atoms with E-state index in [0.29, 0.717) is 11.3 Å². The standard InChI is InChI=1S/C15H23Cl/c1-4-6-13-7-5-8-14(11-13)9-10-15(16)12(2)3/h5,7-8,11-12,15H,4,6,9-10H2,1-3H3. The van der Waals surface area contributed by atoms with Gasteiger partial charge in [-0.15, -0.1) is 11.6 Å². The van der Waals surface area contributed by atoms with Crippen LogP contribution in [0.25, 0.3) is 0 Å². The molecule has 90 valence electrons. The van der Waals surface area contributed by atoms with E-state index >= 15 is 0 Å². The lowest BCUT2D eigenvalue weighted by Crippen LogP contribution is -2.08. The Labute approximate surface area is 105 Å². The summed E-state index contributed by atoms with van der Waals surface area (Å²) < 4.78 is 0. The van der Waals surface area contributed by atoms with Crippen LogP contribution in [-0.4, -0.2) is 5.38 Å². The van der Waals surface area contributed by atoms with Gasteiger partial charge in [0, 0.05) is 5.38 Å². The van der Waals surface area contributed by atoms with Crippen molar-refractivity contribution in [1.82, 2.24) is 0 Å². The lowest BCUT2D eigenvalue weighted by molar-refractivity contribution is 0.565. The minimum atomic E-state index is 0.301. The summed E-state index contributed by atoms with van der Waals surface area (Å²) >= 11 is 6.27. The van der Waals surface area contributed by atoms with Crippen LogP contribution in [0.1, 0.15) is 44.7 Å². The molecule has 0 saturated carbocycles. The molecule has 1 rings (SSSR count). The molecular weight excluding hydrogens is 216 g/mol. The van der Waals surface area contributed by atoms with Gasteiger partial charge in [0.2, 0.25) is 0 Å². The molecule has 1 aromatic rings. The maximum atomic E-state index is 6.27. The van der Waals surface area contributed by atoms with Gasteiger partial charge in [-0.3, -0.25) is 0 Å². The number of rotatable bonds is 6. The molecule has 1 aromatic carbocycles. The highest BCUT2D eigenvalue weighted by Crippen LogP contribution is 2.17. The summed E-state index contributed by atoms with van der Waals surface area (Å²) in [6, 6.07) is 8.92. The van der Waals surface area contributed by atoms with E-state index in [2.05, 4.69) is 45.0 Å². The second kappa shape index (κ2) is 6.96. The maximum absolute atomic E-state index is 6.27. The molecule has 0 fully saturated rings. The van der Waals surface area contributed by atoms with Crippen molar-refractivity contribution in [3.63, 3.8) is 0 Å². The Morgan fingerprint density at radius 1 is 1.12 bits per heavy atom. The summed E-state index contributed by atoms with van der Waals surface area (Å²) in [5, 5.41) is 0.301. The predicted octanol–water partition coefficient (Wildman–Crippen LogP) is 4.84. The van der Waals surface area contributed by atoms with E-state index in [9.17, 15) is 0 Å². The van der Waals surface area contributed by atoms with Gasteiger partial charge >= 0.3 is 0 Å². The highest BCUT2D eigenvalue weighted by molar-refractivity contribution is 6.20. The van der Waals surface area contributed by atoms with Crippen molar-refractivity contribution in [3.05, 3.63) is 35.4 Å².